The first-order valence-corrected chi connectivity index (χ1v) is 18.2. The fourth-order valence-corrected chi connectivity index (χ4v) is 6.25. The lowest BCUT2D eigenvalue weighted by Gasteiger charge is -2.10. The van der Waals surface area contributed by atoms with Crippen LogP contribution in [0.4, 0.5) is 0 Å². The van der Waals surface area contributed by atoms with E-state index in [1.165, 1.54) is 12.2 Å². The predicted octanol–water partition coefficient (Wildman–Crippen LogP) is 9.17. The van der Waals surface area contributed by atoms with Crippen molar-refractivity contribution >= 4 is 46.2 Å². The van der Waals surface area contributed by atoms with Crippen molar-refractivity contribution in [3.05, 3.63) is 162 Å². The number of esters is 2. The van der Waals surface area contributed by atoms with Crippen LogP contribution in [0.1, 0.15) is 33.4 Å². The minimum Gasteiger partial charge on any atom is -0.489 e. The number of ether oxygens (including phenoxy) is 3. The number of benzene rings is 5. The van der Waals surface area contributed by atoms with E-state index in [2.05, 4.69) is 67.2 Å². The Morgan fingerprint density at radius 1 is 0.608 bits per heavy atom. The zero-order valence-electron chi connectivity index (χ0n) is 28.3. The predicted molar refractivity (Wildman–Crippen MR) is 208 cm³/mol. The van der Waals surface area contributed by atoms with E-state index in [0.29, 0.717) is 31.3 Å². The van der Waals surface area contributed by atoms with Gasteiger partial charge in [-0.05, 0) is 114 Å². The Balaban J connectivity index is 1.11. The van der Waals surface area contributed by atoms with Crippen LogP contribution < -0.4 is 4.74 Å². The van der Waals surface area contributed by atoms with E-state index in [4.69, 9.17) is 14.2 Å². The molecule has 0 aromatic heterocycles. The van der Waals surface area contributed by atoms with Crippen LogP contribution in [0, 0.1) is 30.6 Å². The summed E-state index contributed by atoms with van der Waals surface area (Å²) in [6.07, 6.45) is 2.34. The van der Waals surface area contributed by atoms with Crippen LogP contribution in [0.2, 0.25) is 0 Å². The second-order valence-corrected chi connectivity index (χ2v) is 13.5. The van der Waals surface area contributed by atoms with Crippen molar-refractivity contribution in [3.63, 3.8) is 0 Å². The van der Waals surface area contributed by atoms with Crippen molar-refractivity contribution in [1.29, 1.82) is 0 Å². The third-order valence-electron chi connectivity index (χ3n) is 7.41. The first-order chi connectivity index (χ1) is 24.9. The molecule has 0 aliphatic rings. The number of aryl methyl sites for hydroxylation is 1. The molecule has 254 valence electrons. The molecule has 5 aromatic rings. The zero-order valence-corrected chi connectivity index (χ0v) is 29.9. The first-order valence-electron chi connectivity index (χ1n) is 16.2. The standard InChI is InChI=1S/C44H36O5S2/c1-4-43(45)47-24-26-50-40-19-12-33(13-20-40)6-8-35-16-23-42(32(3)28-35)49-31-37-11-18-38-29-36(10-17-39(38)30-37)9-7-34-14-21-41(22-15-34)51-27-25-48-44(46)5-2/h4-5,10-23,28-30H,1-2,24-27,31H2,3H3. The SMILES string of the molecule is C=CC(=O)OCCSc1ccc(C#Cc2ccc(OCc3ccc4cc(C#Cc5ccc(SCCOC(=O)C=C)cc5)ccc4c3)c(C)c2)cc1. The molecule has 0 saturated carbocycles. The number of carbonyl (C=O) groups is 2. The van der Waals surface area contributed by atoms with Crippen molar-refractivity contribution in [2.24, 2.45) is 0 Å². The fraction of sp³-hybridized carbons (Fsp3) is 0.136. The maximum atomic E-state index is 11.1. The summed E-state index contributed by atoms with van der Waals surface area (Å²) in [7, 11) is 0. The van der Waals surface area contributed by atoms with Gasteiger partial charge in [-0.2, -0.15) is 0 Å². The van der Waals surface area contributed by atoms with E-state index in [1.54, 1.807) is 23.5 Å². The largest absolute Gasteiger partial charge is 0.489 e. The molecule has 0 amide bonds. The lowest BCUT2D eigenvalue weighted by molar-refractivity contribution is -0.138. The number of thioether (sulfide) groups is 2. The van der Waals surface area contributed by atoms with E-state index >= 15 is 0 Å². The van der Waals surface area contributed by atoms with E-state index in [1.807, 2.05) is 79.7 Å². The Kier molecular flexibility index (Phi) is 13.6. The molecule has 0 bridgehead atoms. The average Bonchev–Trinajstić information content (AvgIpc) is 3.16. The van der Waals surface area contributed by atoms with Gasteiger partial charge in [0.15, 0.2) is 0 Å². The van der Waals surface area contributed by atoms with Crippen LogP contribution in [-0.4, -0.2) is 36.7 Å². The summed E-state index contributed by atoms with van der Waals surface area (Å²) in [5, 5.41) is 2.25. The zero-order chi connectivity index (χ0) is 35.8. The highest BCUT2D eigenvalue weighted by Crippen LogP contribution is 2.23. The van der Waals surface area contributed by atoms with Gasteiger partial charge in [0.25, 0.3) is 0 Å². The van der Waals surface area contributed by atoms with Crippen LogP contribution in [0.5, 0.6) is 5.75 Å². The van der Waals surface area contributed by atoms with Gasteiger partial charge in [0.2, 0.25) is 0 Å². The molecule has 0 heterocycles. The van der Waals surface area contributed by atoms with Crippen LogP contribution in [0.3, 0.4) is 0 Å². The van der Waals surface area contributed by atoms with Gasteiger partial charge in [-0.15, -0.1) is 23.5 Å². The normalized spacial score (nSPS) is 10.2. The Labute approximate surface area is 308 Å². The third-order valence-corrected chi connectivity index (χ3v) is 9.36. The maximum absolute atomic E-state index is 11.1. The topological polar surface area (TPSA) is 61.8 Å². The molecule has 51 heavy (non-hydrogen) atoms. The number of fused-ring (bicyclic) bond motifs is 1. The number of rotatable bonds is 13. The molecule has 5 rings (SSSR count). The summed E-state index contributed by atoms with van der Waals surface area (Å²) < 4.78 is 16.2. The van der Waals surface area contributed by atoms with Crippen LogP contribution in [-0.2, 0) is 25.7 Å². The minimum atomic E-state index is -0.404. The Morgan fingerprint density at radius 2 is 1.08 bits per heavy atom. The lowest BCUT2D eigenvalue weighted by Crippen LogP contribution is -2.03. The smallest absolute Gasteiger partial charge is 0.330 e. The van der Waals surface area contributed by atoms with Crippen molar-refractivity contribution in [2.45, 2.75) is 23.3 Å². The second kappa shape index (κ2) is 19.0. The third kappa shape index (κ3) is 11.8. The molecule has 0 unspecified atom stereocenters. The molecule has 5 nitrogen and oxygen atoms in total. The summed E-state index contributed by atoms with van der Waals surface area (Å²) in [4.78, 5) is 24.5. The highest BCUT2D eigenvalue weighted by molar-refractivity contribution is 7.99. The Hall–Kier alpha value is -5.60. The molecule has 7 heteroatoms. The lowest BCUT2D eigenvalue weighted by atomic mass is 10.0. The number of hydrogen-bond acceptors (Lipinski definition) is 7. The van der Waals surface area contributed by atoms with E-state index < -0.39 is 11.9 Å². The molecule has 0 saturated heterocycles. The van der Waals surface area contributed by atoms with Gasteiger partial charge in [-0.3, -0.25) is 0 Å². The molecule has 0 spiro atoms. The van der Waals surface area contributed by atoms with E-state index in [-0.39, 0.29) is 0 Å². The molecule has 0 aliphatic heterocycles. The van der Waals surface area contributed by atoms with Gasteiger partial charge in [0, 0.05) is 55.7 Å². The monoisotopic (exact) mass is 708 g/mol. The molecular weight excluding hydrogens is 673 g/mol. The Morgan fingerprint density at radius 3 is 1.63 bits per heavy atom. The second-order valence-electron chi connectivity index (χ2n) is 11.2. The van der Waals surface area contributed by atoms with Crippen molar-refractivity contribution in [1.82, 2.24) is 0 Å². The summed E-state index contributed by atoms with van der Waals surface area (Å²) in [6, 6.07) is 34.6. The van der Waals surface area contributed by atoms with Crippen LogP contribution >= 0.6 is 23.5 Å². The Bertz CT molecular complexity index is 2150. The molecule has 5 aromatic carbocycles. The van der Waals surface area contributed by atoms with Gasteiger partial charge < -0.3 is 14.2 Å². The van der Waals surface area contributed by atoms with Crippen molar-refractivity contribution in [3.8, 4) is 29.4 Å². The highest BCUT2D eigenvalue weighted by atomic mass is 32.2. The van der Waals surface area contributed by atoms with Gasteiger partial charge in [0.05, 0.1) is 0 Å². The molecule has 0 radical (unpaired) electrons. The molecule has 0 aliphatic carbocycles. The summed E-state index contributed by atoms with van der Waals surface area (Å²) >= 11 is 3.24. The molecule has 0 atom stereocenters. The van der Waals surface area contributed by atoms with Crippen molar-refractivity contribution in [2.75, 3.05) is 24.7 Å². The van der Waals surface area contributed by atoms with Crippen LogP contribution in [0.25, 0.3) is 10.8 Å². The number of hydrogen-bond donors (Lipinski definition) is 0. The first kappa shape index (κ1) is 36.7. The number of carbonyl (C=O) groups excluding carboxylic acids is 2. The van der Waals surface area contributed by atoms with Crippen LogP contribution in [0.15, 0.2) is 138 Å². The summed E-state index contributed by atoms with van der Waals surface area (Å²) in [5.41, 5.74) is 5.84. The van der Waals surface area contributed by atoms with E-state index in [0.717, 1.165) is 59.7 Å². The minimum absolute atomic E-state index is 0.343. The van der Waals surface area contributed by atoms with Crippen molar-refractivity contribution < 1.29 is 23.8 Å². The fourth-order valence-electron chi connectivity index (χ4n) is 4.79. The average molecular weight is 709 g/mol. The molecular formula is C44H36O5S2. The highest BCUT2D eigenvalue weighted by Gasteiger charge is 2.04. The molecule has 0 fully saturated rings. The molecule has 0 N–H and O–H groups in total. The quantitative estimate of drug-likeness (QED) is 0.0398. The van der Waals surface area contributed by atoms with Gasteiger partial charge >= 0.3 is 11.9 Å². The van der Waals surface area contributed by atoms with E-state index in [9.17, 15) is 9.59 Å². The van der Waals surface area contributed by atoms with Gasteiger partial charge in [0.1, 0.15) is 25.6 Å². The maximum Gasteiger partial charge on any atom is 0.330 e. The van der Waals surface area contributed by atoms with Gasteiger partial charge in [-0.1, -0.05) is 55.0 Å². The summed E-state index contributed by atoms with van der Waals surface area (Å²) in [5.74, 6) is 14.4. The van der Waals surface area contributed by atoms with Gasteiger partial charge in [-0.25, -0.2) is 9.59 Å². The summed E-state index contributed by atoms with van der Waals surface area (Å²) in [6.45, 7) is 9.97.